The second-order valence-electron chi connectivity index (χ2n) is 8.21. The molecule has 1 fully saturated rings. The van der Waals surface area contributed by atoms with Gasteiger partial charge >= 0.3 is 11.9 Å². The molecule has 37 heavy (non-hydrogen) atoms. The van der Waals surface area contributed by atoms with E-state index < -0.39 is 55.7 Å². The Morgan fingerprint density at radius 3 is 2.38 bits per heavy atom. The lowest BCUT2D eigenvalue weighted by atomic mass is 9.99. The molecule has 1 saturated heterocycles. The highest BCUT2D eigenvalue weighted by molar-refractivity contribution is 5.90. The standard InChI is InChI=1S/C25H24O12/c1-33-13-4-2-12(3-5-13)16-11-34-17-8-14(6-7-15(17)21(16)30)35-25-23(32)22(31)24(18(10-26)36-25)37-20(29)9-19(27)28/h2-8,11,18,22-26,31-32H,9-10H2,1H3,(H,27,28). The van der Waals surface area contributed by atoms with Crippen LogP contribution in [0.3, 0.4) is 0 Å². The first-order valence-electron chi connectivity index (χ1n) is 11.1. The maximum atomic E-state index is 13.0. The van der Waals surface area contributed by atoms with Crippen molar-refractivity contribution in [1.29, 1.82) is 0 Å². The number of fused-ring (bicyclic) bond motifs is 1. The number of hydrogen-bond donors (Lipinski definition) is 4. The summed E-state index contributed by atoms with van der Waals surface area (Å²) in [6, 6.07) is 11.2. The van der Waals surface area contributed by atoms with Gasteiger partial charge in [-0.2, -0.15) is 0 Å². The van der Waals surface area contributed by atoms with Gasteiger partial charge in [0.15, 0.2) is 11.5 Å². The fourth-order valence-corrected chi connectivity index (χ4v) is 3.90. The largest absolute Gasteiger partial charge is 0.497 e. The smallest absolute Gasteiger partial charge is 0.317 e. The summed E-state index contributed by atoms with van der Waals surface area (Å²) in [6.45, 7) is -0.727. The number of benzene rings is 2. The molecule has 0 aliphatic carbocycles. The zero-order valence-electron chi connectivity index (χ0n) is 19.5. The summed E-state index contributed by atoms with van der Waals surface area (Å²) >= 11 is 0. The van der Waals surface area contributed by atoms with Gasteiger partial charge in [0.2, 0.25) is 6.29 Å². The molecular formula is C25H24O12. The predicted octanol–water partition coefficient (Wildman–Crippen LogP) is 0.673. The normalized spacial score (nSPS) is 23.4. The first kappa shape index (κ1) is 26.1. The Kier molecular flexibility index (Phi) is 7.74. The molecule has 4 rings (SSSR count). The van der Waals surface area contributed by atoms with E-state index in [2.05, 4.69) is 0 Å². The van der Waals surface area contributed by atoms with Crippen LogP contribution in [0.4, 0.5) is 0 Å². The minimum absolute atomic E-state index is 0.113. The lowest BCUT2D eigenvalue weighted by Crippen LogP contribution is -2.61. The molecule has 5 unspecified atom stereocenters. The van der Waals surface area contributed by atoms with Crippen LogP contribution >= 0.6 is 0 Å². The molecular weight excluding hydrogens is 492 g/mol. The summed E-state index contributed by atoms with van der Waals surface area (Å²) in [7, 11) is 1.54. The van der Waals surface area contributed by atoms with Crippen LogP contribution in [-0.2, 0) is 19.1 Å². The van der Waals surface area contributed by atoms with Gasteiger partial charge < -0.3 is 43.8 Å². The number of rotatable bonds is 8. The van der Waals surface area contributed by atoms with Gasteiger partial charge in [0.25, 0.3) is 0 Å². The number of esters is 1. The summed E-state index contributed by atoms with van der Waals surface area (Å²) in [6.07, 6.45) is -7.48. The van der Waals surface area contributed by atoms with E-state index in [-0.39, 0.29) is 22.1 Å². The molecule has 4 N–H and O–H groups in total. The Morgan fingerprint density at radius 1 is 1.03 bits per heavy atom. The van der Waals surface area contributed by atoms with Gasteiger partial charge in [0.1, 0.15) is 48.1 Å². The van der Waals surface area contributed by atoms with E-state index in [0.29, 0.717) is 16.9 Å². The van der Waals surface area contributed by atoms with Crippen LogP contribution in [-0.4, -0.2) is 76.8 Å². The summed E-state index contributed by atoms with van der Waals surface area (Å²) in [4.78, 5) is 35.4. The molecule has 12 nitrogen and oxygen atoms in total. The number of ether oxygens (including phenoxy) is 4. The van der Waals surface area contributed by atoms with Crippen molar-refractivity contribution in [2.24, 2.45) is 0 Å². The number of carboxylic acids is 1. The Morgan fingerprint density at radius 2 is 1.73 bits per heavy atom. The van der Waals surface area contributed by atoms with Gasteiger partial charge in [-0.1, -0.05) is 12.1 Å². The number of carbonyl (C=O) groups excluding carboxylic acids is 1. The topological polar surface area (TPSA) is 182 Å². The van der Waals surface area contributed by atoms with E-state index >= 15 is 0 Å². The third-order valence-electron chi connectivity index (χ3n) is 5.78. The molecule has 1 aliphatic heterocycles. The van der Waals surface area contributed by atoms with Crippen LogP contribution in [0, 0.1) is 0 Å². The second-order valence-corrected chi connectivity index (χ2v) is 8.21. The summed E-state index contributed by atoms with van der Waals surface area (Å²) in [5.74, 6) is -1.87. The minimum atomic E-state index is -1.75. The van der Waals surface area contributed by atoms with Crippen LogP contribution in [0.1, 0.15) is 6.42 Å². The lowest BCUT2D eigenvalue weighted by molar-refractivity contribution is -0.281. The van der Waals surface area contributed by atoms with Crippen molar-refractivity contribution < 1.29 is 53.4 Å². The molecule has 0 amide bonds. The molecule has 1 aromatic heterocycles. The highest BCUT2D eigenvalue weighted by Gasteiger charge is 2.47. The van der Waals surface area contributed by atoms with E-state index in [1.807, 2.05) is 0 Å². The third kappa shape index (κ3) is 5.57. The average molecular weight is 516 g/mol. The van der Waals surface area contributed by atoms with Crippen molar-refractivity contribution in [1.82, 2.24) is 0 Å². The molecule has 0 spiro atoms. The fraction of sp³-hybridized carbons (Fsp3) is 0.320. The number of aliphatic carboxylic acids is 1. The molecule has 0 radical (unpaired) electrons. The molecule has 0 bridgehead atoms. The zero-order chi connectivity index (χ0) is 26.7. The number of hydrogen-bond acceptors (Lipinski definition) is 11. The first-order chi connectivity index (χ1) is 17.7. The number of methoxy groups -OCH3 is 1. The number of carbonyl (C=O) groups is 2. The molecule has 2 aromatic carbocycles. The molecule has 1 aliphatic rings. The average Bonchev–Trinajstić information content (AvgIpc) is 2.88. The molecule has 3 aromatic rings. The van der Waals surface area contributed by atoms with Gasteiger partial charge in [-0.25, -0.2) is 0 Å². The molecule has 196 valence electrons. The summed E-state index contributed by atoms with van der Waals surface area (Å²) in [5, 5.41) is 39.5. The Balaban J connectivity index is 1.52. The van der Waals surface area contributed by atoms with Crippen molar-refractivity contribution in [2.75, 3.05) is 13.7 Å². The minimum Gasteiger partial charge on any atom is -0.497 e. The van der Waals surface area contributed by atoms with E-state index in [4.69, 9.17) is 28.5 Å². The van der Waals surface area contributed by atoms with Crippen molar-refractivity contribution in [3.8, 4) is 22.6 Å². The molecule has 5 atom stereocenters. The van der Waals surface area contributed by atoms with Crippen LogP contribution in [0.15, 0.2) is 57.9 Å². The predicted molar refractivity (Wildman–Crippen MR) is 125 cm³/mol. The Bertz CT molecular complexity index is 1330. The van der Waals surface area contributed by atoms with E-state index in [9.17, 15) is 29.7 Å². The van der Waals surface area contributed by atoms with Gasteiger partial charge in [-0.3, -0.25) is 14.4 Å². The van der Waals surface area contributed by atoms with Crippen LogP contribution in [0.5, 0.6) is 11.5 Å². The third-order valence-corrected chi connectivity index (χ3v) is 5.78. The quantitative estimate of drug-likeness (QED) is 0.243. The highest BCUT2D eigenvalue weighted by Crippen LogP contribution is 2.29. The first-order valence-corrected chi connectivity index (χ1v) is 11.1. The second kappa shape index (κ2) is 11.0. The van der Waals surface area contributed by atoms with E-state index in [0.717, 1.165) is 0 Å². The van der Waals surface area contributed by atoms with Crippen LogP contribution < -0.4 is 14.9 Å². The van der Waals surface area contributed by atoms with Crippen molar-refractivity contribution >= 4 is 22.9 Å². The molecule has 12 heteroatoms. The van der Waals surface area contributed by atoms with Crippen molar-refractivity contribution in [3.63, 3.8) is 0 Å². The number of aliphatic hydroxyl groups is 3. The van der Waals surface area contributed by atoms with Gasteiger partial charge in [0.05, 0.1) is 24.7 Å². The summed E-state index contributed by atoms with van der Waals surface area (Å²) < 4.78 is 26.7. The van der Waals surface area contributed by atoms with Crippen LogP contribution in [0.2, 0.25) is 0 Å². The van der Waals surface area contributed by atoms with Gasteiger partial charge in [-0.05, 0) is 29.8 Å². The SMILES string of the molecule is COc1ccc(-c2coc3cc(OC4OC(CO)C(OC(=O)CC(=O)O)C(O)C4O)ccc3c2=O)cc1. The fourth-order valence-electron chi connectivity index (χ4n) is 3.90. The van der Waals surface area contributed by atoms with E-state index in [1.165, 1.54) is 31.6 Å². The van der Waals surface area contributed by atoms with Crippen molar-refractivity contribution in [3.05, 3.63) is 59.0 Å². The lowest BCUT2D eigenvalue weighted by Gasteiger charge is -2.41. The maximum absolute atomic E-state index is 13.0. The van der Waals surface area contributed by atoms with Gasteiger partial charge in [0, 0.05) is 6.07 Å². The Hall–Kier alpha value is -3.97. The van der Waals surface area contributed by atoms with E-state index in [1.54, 1.807) is 24.3 Å². The monoisotopic (exact) mass is 516 g/mol. The van der Waals surface area contributed by atoms with Crippen LogP contribution in [0.25, 0.3) is 22.1 Å². The Labute approximate surface area is 209 Å². The molecule has 2 heterocycles. The molecule has 0 saturated carbocycles. The maximum Gasteiger partial charge on any atom is 0.317 e. The highest BCUT2D eigenvalue weighted by atomic mass is 16.7. The number of carboxylic acid groups (broad SMARTS) is 1. The van der Waals surface area contributed by atoms with Gasteiger partial charge in [-0.15, -0.1) is 0 Å². The number of aliphatic hydroxyl groups excluding tert-OH is 3. The van der Waals surface area contributed by atoms with Crippen molar-refractivity contribution in [2.45, 2.75) is 37.1 Å². The summed E-state index contributed by atoms with van der Waals surface area (Å²) in [5.41, 5.74) is 0.879. The zero-order valence-corrected chi connectivity index (χ0v) is 19.5.